The molecule has 4 nitrogen and oxygen atoms in total. The zero-order valence-electron chi connectivity index (χ0n) is 7.00. The summed E-state index contributed by atoms with van der Waals surface area (Å²) in [5, 5.41) is 7.66. The maximum absolute atomic E-state index is 5.04. The van der Waals surface area contributed by atoms with Crippen LogP contribution in [0.15, 0.2) is 5.10 Å². The van der Waals surface area contributed by atoms with Crippen LogP contribution in [0.2, 0.25) is 0 Å². The van der Waals surface area contributed by atoms with Crippen molar-refractivity contribution < 1.29 is 0 Å². The summed E-state index contributed by atoms with van der Waals surface area (Å²) in [7, 11) is 1.90. The van der Waals surface area contributed by atoms with Crippen molar-refractivity contribution in [3.8, 4) is 0 Å². The van der Waals surface area contributed by atoms with Gasteiger partial charge in [0.2, 0.25) is 0 Å². The van der Waals surface area contributed by atoms with Crippen LogP contribution in [0.25, 0.3) is 0 Å². The van der Waals surface area contributed by atoms with Crippen molar-refractivity contribution in [1.29, 1.82) is 0 Å². The highest BCUT2D eigenvalue weighted by molar-refractivity contribution is 5.82. The Bertz CT molecular complexity index is 285. The Morgan fingerprint density at radius 1 is 1.55 bits per heavy atom. The van der Waals surface area contributed by atoms with Gasteiger partial charge in [-0.3, -0.25) is 4.68 Å². The summed E-state index contributed by atoms with van der Waals surface area (Å²) in [6, 6.07) is 0. The molecule has 0 aliphatic rings. The number of aromatic nitrogens is 2. The lowest BCUT2D eigenvalue weighted by atomic mass is 10.2. The minimum atomic E-state index is 0.958. The standard InChI is InChI=1S/C7H12N4/c1-5-7(4-9-8)6(2)11(3)10-5/h4H,8H2,1-3H3/b9-4+. The van der Waals surface area contributed by atoms with Gasteiger partial charge in [-0.1, -0.05) is 0 Å². The minimum absolute atomic E-state index is 0.958. The smallest absolute Gasteiger partial charge is 0.0684 e. The maximum Gasteiger partial charge on any atom is 0.0684 e. The van der Waals surface area contributed by atoms with Gasteiger partial charge in [0.25, 0.3) is 0 Å². The average Bonchev–Trinajstić information content (AvgIpc) is 2.17. The van der Waals surface area contributed by atoms with E-state index in [1.165, 1.54) is 0 Å². The van der Waals surface area contributed by atoms with E-state index in [1.54, 1.807) is 6.21 Å². The van der Waals surface area contributed by atoms with Crippen LogP contribution in [0.5, 0.6) is 0 Å². The highest BCUT2D eigenvalue weighted by Crippen LogP contribution is 2.07. The molecule has 0 bridgehead atoms. The third-order valence-electron chi connectivity index (χ3n) is 1.77. The molecule has 0 atom stereocenters. The van der Waals surface area contributed by atoms with Crippen LogP contribution in [-0.4, -0.2) is 16.0 Å². The molecule has 0 aliphatic heterocycles. The zero-order valence-corrected chi connectivity index (χ0v) is 7.00. The summed E-state index contributed by atoms with van der Waals surface area (Å²) < 4.78 is 1.81. The molecule has 0 fully saturated rings. The Kier molecular flexibility index (Phi) is 1.94. The van der Waals surface area contributed by atoms with Crippen LogP contribution in [-0.2, 0) is 7.05 Å². The molecule has 0 aromatic carbocycles. The van der Waals surface area contributed by atoms with Crippen molar-refractivity contribution >= 4 is 6.21 Å². The van der Waals surface area contributed by atoms with Gasteiger partial charge in [-0.05, 0) is 13.8 Å². The summed E-state index contributed by atoms with van der Waals surface area (Å²) >= 11 is 0. The molecule has 0 aliphatic carbocycles. The van der Waals surface area contributed by atoms with Crippen molar-refractivity contribution in [3.63, 3.8) is 0 Å². The van der Waals surface area contributed by atoms with E-state index >= 15 is 0 Å². The number of nitrogens with zero attached hydrogens (tertiary/aromatic N) is 3. The Morgan fingerprint density at radius 2 is 2.18 bits per heavy atom. The first-order chi connectivity index (χ1) is 5.16. The van der Waals surface area contributed by atoms with Crippen molar-refractivity contribution in [2.24, 2.45) is 18.0 Å². The Labute approximate surface area is 65.7 Å². The van der Waals surface area contributed by atoms with E-state index in [0.717, 1.165) is 17.0 Å². The molecule has 0 unspecified atom stereocenters. The molecule has 0 spiro atoms. The van der Waals surface area contributed by atoms with Gasteiger partial charge in [-0.2, -0.15) is 10.2 Å². The van der Waals surface area contributed by atoms with E-state index in [1.807, 2.05) is 25.6 Å². The zero-order chi connectivity index (χ0) is 8.43. The summed E-state index contributed by atoms with van der Waals surface area (Å²) in [4.78, 5) is 0. The predicted octanol–water partition coefficient (Wildman–Crippen LogP) is 0.330. The van der Waals surface area contributed by atoms with E-state index in [0.29, 0.717) is 0 Å². The van der Waals surface area contributed by atoms with Crippen LogP contribution in [0.3, 0.4) is 0 Å². The Morgan fingerprint density at radius 3 is 2.55 bits per heavy atom. The second kappa shape index (κ2) is 2.74. The molecule has 11 heavy (non-hydrogen) atoms. The first-order valence-corrected chi connectivity index (χ1v) is 3.40. The molecule has 1 aromatic rings. The molecule has 1 aromatic heterocycles. The van der Waals surface area contributed by atoms with Crippen molar-refractivity contribution in [2.45, 2.75) is 13.8 Å². The van der Waals surface area contributed by atoms with E-state index in [-0.39, 0.29) is 0 Å². The van der Waals surface area contributed by atoms with Crippen LogP contribution < -0.4 is 5.84 Å². The topological polar surface area (TPSA) is 56.2 Å². The van der Waals surface area contributed by atoms with Gasteiger partial charge in [-0.25, -0.2) is 0 Å². The largest absolute Gasteiger partial charge is 0.323 e. The molecule has 2 N–H and O–H groups in total. The van der Waals surface area contributed by atoms with Gasteiger partial charge < -0.3 is 5.84 Å². The van der Waals surface area contributed by atoms with Crippen molar-refractivity contribution in [2.75, 3.05) is 0 Å². The van der Waals surface area contributed by atoms with Gasteiger partial charge in [0, 0.05) is 18.3 Å². The fourth-order valence-electron chi connectivity index (χ4n) is 1.05. The average molecular weight is 152 g/mol. The molecule has 0 saturated carbocycles. The fourth-order valence-corrected chi connectivity index (χ4v) is 1.05. The number of rotatable bonds is 1. The maximum atomic E-state index is 5.04. The van der Waals surface area contributed by atoms with Crippen LogP contribution >= 0.6 is 0 Å². The van der Waals surface area contributed by atoms with Crippen molar-refractivity contribution in [1.82, 2.24) is 9.78 Å². The third kappa shape index (κ3) is 1.24. The number of hydrogen-bond donors (Lipinski definition) is 1. The molecule has 0 amide bonds. The quantitative estimate of drug-likeness (QED) is 0.358. The second-order valence-corrected chi connectivity index (χ2v) is 2.49. The van der Waals surface area contributed by atoms with Gasteiger partial charge in [0.15, 0.2) is 0 Å². The molecular weight excluding hydrogens is 140 g/mol. The van der Waals surface area contributed by atoms with Gasteiger partial charge in [0.05, 0.1) is 11.9 Å². The molecule has 1 rings (SSSR count). The Hall–Kier alpha value is -1.32. The van der Waals surface area contributed by atoms with E-state index in [2.05, 4.69) is 10.2 Å². The van der Waals surface area contributed by atoms with Crippen LogP contribution in [0.4, 0.5) is 0 Å². The molecule has 60 valence electrons. The number of nitrogens with two attached hydrogens (primary N) is 1. The number of aryl methyl sites for hydroxylation is 2. The Balaban J connectivity index is 3.22. The van der Waals surface area contributed by atoms with Crippen molar-refractivity contribution in [3.05, 3.63) is 17.0 Å². The predicted molar refractivity (Wildman–Crippen MR) is 44.5 cm³/mol. The molecular formula is C7H12N4. The second-order valence-electron chi connectivity index (χ2n) is 2.49. The highest BCUT2D eigenvalue weighted by Gasteiger charge is 2.05. The fraction of sp³-hybridized carbons (Fsp3) is 0.429. The number of hydrazone groups is 1. The molecule has 0 radical (unpaired) electrons. The van der Waals surface area contributed by atoms with E-state index < -0.39 is 0 Å². The number of hydrogen-bond acceptors (Lipinski definition) is 3. The first-order valence-electron chi connectivity index (χ1n) is 3.40. The minimum Gasteiger partial charge on any atom is -0.323 e. The monoisotopic (exact) mass is 152 g/mol. The first kappa shape index (κ1) is 7.78. The summed E-state index contributed by atoms with van der Waals surface area (Å²) in [5.41, 5.74) is 3.05. The third-order valence-corrected chi connectivity index (χ3v) is 1.77. The highest BCUT2D eigenvalue weighted by atomic mass is 15.3. The van der Waals surface area contributed by atoms with Crippen LogP contribution in [0, 0.1) is 13.8 Å². The van der Waals surface area contributed by atoms with Crippen LogP contribution in [0.1, 0.15) is 17.0 Å². The van der Waals surface area contributed by atoms with Gasteiger partial charge in [0.1, 0.15) is 0 Å². The summed E-state index contributed by atoms with van der Waals surface area (Å²) in [6.07, 6.45) is 1.62. The summed E-state index contributed by atoms with van der Waals surface area (Å²) in [6.45, 7) is 3.92. The molecule has 4 heteroatoms. The van der Waals surface area contributed by atoms with E-state index in [9.17, 15) is 0 Å². The van der Waals surface area contributed by atoms with E-state index in [4.69, 9.17) is 5.84 Å². The molecule has 1 heterocycles. The lowest BCUT2D eigenvalue weighted by Gasteiger charge is -1.92. The normalized spacial score (nSPS) is 11.2. The molecule has 0 saturated heterocycles. The lowest BCUT2D eigenvalue weighted by Crippen LogP contribution is -1.94. The summed E-state index contributed by atoms with van der Waals surface area (Å²) in [5.74, 6) is 5.04. The van der Waals surface area contributed by atoms with Gasteiger partial charge in [-0.15, -0.1) is 0 Å². The van der Waals surface area contributed by atoms with Gasteiger partial charge >= 0.3 is 0 Å². The SMILES string of the molecule is Cc1nn(C)c(C)c1/C=N/N. The lowest BCUT2D eigenvalue weighted by molar-refractivity contribution is 0.731.